The van der Waals surface area contributed by atoms with E-state index in [1.807, 2.05) is 0 Å². The van der Waals surface area contributed by atoms with Crippen molar-refractivity contribution in [2.75, 3.05) is 23.7 Å². The van der Waals surface area contributed by atoms with Gasteiger partial charge in [-0.2, -0.15) is 13.2 Å². The van der Waals surface area contributed by atoms with Gasteiger partial charge in [-0.3, -0.25) is 0 Å². The first-order chi connectivity index (χ1) is 9.11. The van der Waals surface area contributed by atoms with Crippen LogP contribution in [0, 0.1) is 11.8 Å². The van der Waals surface area contributed by atoms with Crippen LogP contribution in [-0.4, -0.2) is 13.1 Å². The molecular weight excluding hydrogens is 265 g/mol. The van der Waals surface area contributed by atoms with Gasteiger partial charge >= 0.3 is 6.18 Å². The van der Waals surface area contributed by atoms with Gasteiger partial charge < -0.3 is 10.6 Å². The highest BCUT2D eigenvalue weighted by atomic mass is 19.4. The third-order valence-corrected chi connectivity index (χ3v) is 2.87. The second kappa shape index (κ2) is 6.37. The SMILES string of the molecule is CC(C)CN(CC(C)C)c1ccc(C(F)(F)F)cc1N. The van der Waals surface area contributed by atoms with Gasteiger partial charge in [0.25, 0.3) is 0 Å². The molecule has 0 aromatic heterocycles. The Kier molecular flexibility index (Phi) is 5.31. The standard InChI is InChI=1S/C15H23F3N2/c1-10(2)8-20(9-11(3)4)14-6-5-12(7-13(14)19)15(16,17)18/h5-7,10-11H,8-9,19H2,1-4H3. The molecule has 0 amide bonds. The van der Waals surface area contributed by atoms with E-state index >= 15 is 0 Å². The van der Waals surface area contributed by atoms with Crippen molar-refractivity contribution < 1.29 is 13.2 Å². The van der Waals surface area contributed by atoms with Crippen molar-refractivity contribution in [1.29, 1.82) is 0 Å². The van der Waals surface area contributed by atoms with Crippen molar-refractivity contribution in [3.63, 3.8) is 0 Å². The van der Waals surface area contributed by atoms with Crippen LogP contribution in [0.3, 0.4) is 0 Å². The van der Waals surface area contributed by atoms with E-state index in [1.54, 1.807) is 0 Å². The summed E-state index contributed by atoms with van der Waals surface area (Å²) in [6, 6.07) is 3.59. The van der Waals surface area contributed by atoms with Crippen LogP contribution in [0.25, 0.3) is 0 Å². The maximum Gasteiger partial charge on any atom is 0.416 e. The first-order valence-electron chi connectivity index (χ1n) is 6.83. The molecule has 0 saturated carbocycles. The number of anilines is 2. The van der Waals surface area contributed by atoms with Gasteiger partial charge in [-0.15, -0.1) is 0 Å². The minimum atomic E-state index is -4.35. The molecule has 0 fully saturated rings. The molecule has 1 aromatic rings. The van der Waals surface area contributed by atoms with Crippen LogP contribution >= 0.6 is 0 Å². The number of hydrogen-bond acceptors (Lipinski definition) is 2. The van der Waals surface area contributed by atoms with E-state index in [2.05, 4.69) is 32.6 Å². The Bertz CT molecular complexity index is 429. The lowest BCUT2D eigenvalue weighted by molar-refractivity contribution is -0.137. The van der Waals surface area contributed by atoms with E-state index in [9.17, 15) is 13.2 Å². The number of alkyl halides is 3. The second-order valence-electron chi connectivity index (χ2n) is 5.96. The van der Waals surface area contributed by atoms with E-state index in [1.165, 1.54) is 6.07 Å². The van der Waals surface area contributed by atoms with E-state index in [0.29, 0.717) is 17.5 Å². The van der Waals surface area contributed by atoms with Gasteiger partial charge in [-0.1, -0.05) is 27.7 Å². The maximum atomic E-state index is 12.7. The zero-order valence-electron chi connectivity index (χ0n) is 12.5. The average Bonchev–Trinajstić information content (AvgIpc) is 2.25. The van der Waals surface area contributed by atoms with Gasteiger partial charge in [-0.25, -0.2) is 0 Å². The fourth-order valence-corrected chi connectivity index (χ4v) is 2.17. The van der Waals surface area contributed by atoms with Crippen molar-refractivity contribution in [2.45, 2.75) is 33.9 Å². The predicted molar refractivity (Wildman–Crippen MR) is 77.7 cm³/mol. The lowest BCUT2D eigenvalue weighted by atomic mass is 10.1. The van der Waals surface area contributed by atoms with E-state index in [0.717, 1.165) is 25.2 Å². The third-order valence-electron chi connectivity index (χ3n) is 2.87. The van der Waals surface area contributed by atoms with E-state index < -0.39 is 11.7 Å². The van der Waals surface area contributed by atoms with Gasteiger partial charge in [-0.05, 0) is 30.0 Å². The van der Waals surface area contributed by atoms with Gasteiger partial charge in [0.2, 0.25) is 0 Å². The number of rotatable bonds is 5. The summed E-state index contributed by atoms with van der Waals surface area (Å²) < 4.78 is 38.0. The van der Waals surface area contributed by atoms with E-state index in [-0.39, 0.29) is 5.69 Å². The Morgan fingerprint density at radius 2 is 1.55 bits per heavy atom. The number of nitrogen functional groups attached to an aromatic ring is 1. The lowest BCUT2D eigenvalue weighted by Gasteiger charge is -2.30. The number of halogens is 3. The molecule has 0 unspecified atom stereocenters. The fourth-order valence-electron chi connectivity index (χ4n) is 2.17. The highest BCUT2D eigenvalue weighted by Gasteiger charge is 2.31. The molecule has 0 aliphatic rings. The maximum absolute atomic E-state index is 12.7. The van der Waals surface area contributed by atoms with Crippen LogP contribution in [0.2, 0.25) is 0 Å². The van der Waals surface area contributed by atoms with Crippen LogP contribution in [0.5, 0.6) is 0 Å². The second-order valence-corrected chi connectivity index (χ2v) is 5.96. The summed E-state index contributed by atoms with van der Waals surface area (Å²) in [6.45, 7) is 9.85. The summed E-state index contributed by atoms with van der Waals surface area (Å²) in [6.07, 6.45) is -4.35. The monoisotopic (exact) mass is 288 g/mol. The molecule has 0 aliphatic heterocycles. The minimum absolute atomic E-state index is 0.182. The molecule has 1 rings (SSSR count). The molecule has 1 aromatic carbocycles. The van der Waals surface area contributed by atoms with E-state index in [4.69, 9.17) is 5.73 Å². The van der Waals surface area contributed by atoms with Crippen LogP contribution in [-0.2, 0) is 6.18 Å². The van der Waals surface area contributed by atoms with Crippen LogP contribution in [0.15, 0.2) is 18.2 Å². The molecule has 2 nitrogen and oxygen atoms in total. The molecule has 0 bridgehead atoms. The smallest absolute Gasteiger partial charge is 0.397 e. The third kappa shape index (κ3) is 4.62. The van der Waals surface area contributed by atoms with Crippen LogP contribution in [0.4, 0.5) is 24.5 Å². The van der Waals surface area contributed by atoms with Gasteiger partial charge in [0.05, 0.1) is 16.9 Å². The van der Waals surface area contributed by atoms with Crippen molar-refractivity contribution in [2.24, 2.45) is 11.8 Å². The Labute approximate surface area is 118 Å². The van der Waals surface area contributed by atoms with Crippen molar-refractivity contribution in [3.05, 3.63) is 23.8 Å². The van der Waals surface area contributed by atoms with Crippen molar-refractivity contribution in [3.8, 4) is 0 Å². The fraction of sp³-hybridized carbons (Fsp3) is 0.600. The zero-order chi connectivity index (χ0) is 15.5. The number of nitrogens with two attached hydrogens (primary N) is 1. The minimum Gasteiger partial charge on any atom is -0.397 e. The Morgan fingerprint density at radius 3 is 1.90 bits per heavy atom. The summed E-state index contributed by atoms with van der Waals surface area (Å²) in [5.74, 6) is 0.825. The first kappa shape index (κ1) is 16.7. The van der Waals surface area contributed by atoms with Crippen LogP contribution < -0.4 is 10.6 Å². The van der Waals surface area contributed by atoms with Crippen molar-refractivity contribution in [1.82, 2.24) is 0 Å². The highest BCUT2D eigenvalue weighted by molar-refractivity contribution is 5.68. The van der Waals surface area contributed by atoms with Gasteiger partial charge in [0.1, 0.15) is 0 Å². The van der Waals surface area contributed by atoms with Gasteiger partial charge in [0.15, 0.2) is 0 Å². The molecule has 0 radical (unpaired) electrons. The Hall–Kier alpha value is -1.39. The number of hydrogen-bond donors (Lipinski definition) is 1. The number of benzene rings is 1. The largest absolute Gasteiger partial charge is 0.416 e. The quantitative estimate of drug-likeness (QED) is 0.813. The molecule has 2 N–H and O–H groups in total. The molecule has 20 heavy (non-hydrogen) atoms. The molecule has 0 atom stereocenters. The molecule has 0 spiro atoms. The summed E-state index contributed by atoms with van der Waals surface area (Å²) in [7, 11) is 0. The first-order valence-corrected chi connectivity index (χ1v) is 6.83. The summed E-state index contributed by atoms with van der Waals surface area (Å²) in [4.78, 5) is 2.06. The molecule has 0 heterocycles. The van der Waals surface area contributed by atoms with Gasteiger partial charge in [0, 0.05) is 13.1 Å². The number of nitrogens with zero attached hydrogens (tertiary/aromatic N) is 1. The molecule has 0 aliphatic carbocycles. The summed E-state index contributed by atoms with van der Waals surface area (Å²) >= 11 is 0. The normalized spacial score (nSPS) is 12.2. The Balaban J connectivity index is 3.08. The summed E-state index contributed by atoms with van der Waals surface area (Å²) in [5, 5.41) is 0. The topological polar surface area (TPSA) is 29.3 Å². The van der Waals surface area contributed by atoms with Crippen molar-refractivity contribution >= 4 is 11.4 Å². The Morgan fingerprint density at radius 1 is 1.05 bits per heavy atom. The lowest BCUT2D eigenvalue weighted by Crippen LogP contribution is -2.32. The zero-order valence-corrected chi connectivity index (χ0v) is 12.5. The molecule has 5 heteroatoms. The molecular formula is C15H23F3N2. The summed E-state index contributed by atoms with van der Waals surface area (Å²) in [5.41, 5.74) is 5.99. The highest BCUT2D eigenvalue weighted by Crippen LogP contribution is 2.34. The van der Waals surface area contributed by atoms with Crippen LogP contribution in [0.1, 0.15) is 33.3 Å². The average molecular weight is 288 g/mol. The molecule has 114 valence electrons. The molecule has 0 saturated heterocycles. The predicted octanol–water partition coefficient (Wildman–Crippen LogP) is 4.41.